The van der Waals surface area contributed by atoms with Crippen LogP contribution in [0, 0.1) is 0 Å². The number of nitrogens with zero attached hydrogens (tertiary/aromatic N) is 4. The highest BCUT2D eigenvalue weighted by Crippen LogP contribution is 2.25. The van der Waals surface area contributed by atoms with E-state index in [2.05, 4.69) is 20.3 Å². The summed E-state index contributed by atoms with van der Waals surface area (Å²) in [4.78, 5) is 39.8. The third kappa shape index (κ3) is 3.88. The maximum atomic E-state index is 12.8. The number of hydrogen-bond acceptors (Lipinski definition) is 6. The second kappa shape index (κ2) is 8.04. The van der Waals surface area contributed by atoms with Gasteiger partial charge in [0.25, 0.3) is 11.8 Å². The van der Waals surface area contributed by atoms with E-state index >= 15 is 0 Å². The van der Waals surface area contributed by atoms with Gasteiger partial charge in [-0.1, -0.05) is 11.6 Å². The number of amides is 2. The fourth-order valence-corrected chi connectivity index (χ4v) is 3.89. The van der Waals surface area contributed by atoms with Crippen molar-refractivity contribution in [2.75, 3.05) is 18.4 Å². The van der Waals surface area contributed by atoms with Crippen molar-refractivity contribution < 1.29 is 9.59 Å². The summed E-state index contributed by atoms with van der Waals surface area (Å²) in [6, 6.07) is 6.58. The van der Waals surface area contributed by atoms with Crippen LogP contribution in [0.2, 0.25) is 5.02 Å². The lowest BCUT2D eigenvalue weighted by Gasteiger charge is -2.18. The average Bonchev–Trinajstić information content (AvgIpc) is 3.42. The van der Waals surface area contributed by atoms with Gasteiger partial charge in [0.2, 0.25) is 0 Å². The Balaban J connectivity index is 1.56. The number of rotatable bonds is 4. The number of carbonyl (C=O) groups excluding carboxylic acids is 2. The van der Waals surface area contributed by atoms with Crippen LogP contribution in [-0.4, -0.2) is 44.8 Å². The van der Waals surface area contributed by atoms with E-state index in [0.29, 0.717) is 40.2 Å². The van der Waals surface area contributed by atoms with Gasteiger partial charge in [0.1, 0.15) is 5.69 Å². The summed E-state index contributed by atoms with van der Waals surface area (Å²) in [5, 5.41) is 5.41. The molecule has 2 aromatic heterocycles. The van der Waals surface area contributed by atoms with Crippen molar-refractivity contribution >= 4 is 40.4 Å². The summed E-state index contributed by atoms with van der Waals surface area (Å²) >= 11 is 7.37. The van der Waals surface area contributed by atoms with Gasteiger partial charge >= 0.3 is 0 Å². The van der Waals surface area contributed by atoms with E-state index in [9.17, 15) is 9.59 Å². The molecule has 1 fully saturated rings. The van der Waals surface area contributed by atoms with Gasteiger partial charge in [0.05, 0.1) is 11.3 Å². The van der Waals surface area contributed by atoms with E-state index in [1.54, 1.807) is 46.9 Å². The molecule has 3 aromatic rings. The Bertz CT molecular complexity index is 1020. The molecule has 1 saturated heterocycles. The van der Waals surface area contributed by atoms with Crippen LogP contribution in [-0.2, 0) is 0 Å². The van der Waals surface area contributed by atoms with Gasteiger partial charge in [-0.3, -0.25) is 9.59 Å². The van der Waals surface area contributed by atoms with Crippen molar-refractivity contribution in [3.05, 3.63) is 58.3 Å². The Morgan fingerprint density at radius 1 is 1.14 bits per heavy atom. The minimum absolute atomic E-state index is 0.132. The number of anilines is 1. The number of thiazole rings is 1. The molecule has 3 heterocycles. The molecule has 0 spiro atoms. The average molecular weight is 414 g/mol. The van der Waals surface area contributed by atoms with Crippen LogP contribution >= 0.6 is 22.9 Å². The van der Waals surface area contributed by atoms with E-state index in [-0.39, 0.29) is 11.6 Å². The van der Waals surface area contributed by atoms with E-state index < -0.39 is 5.91 Å². The molecule has 0 saturated carbocycles. The molecular weight excluding hydrogens is 398 g/mol. The molecule has 4 rings (SSSR count). The summed E-state index contributed by atoms with van der Waals surface area (Å²) in [5.74, 6) is -0.0777. The second-order valence-electron chi connectivity index (χ2n) is 6.25. The third-order valence-electron chi connectivity index (χ3n) is 4.35. The van der Waals surface area contributed by atoms with Crippen LogP contribution in [0.15, 0.2) is 42.0 Å². The largest absolute Gasteiger partial charge is 0.339 e. The maximum Gasteiger partial charge on any atom is 0.275 e. The van der Waals surface area contributed by atoms with Crippen LogP contribution in [0.25, 0.3) is 10.8 Å². The predicted molar refractivity (Wildman–Crippen MR) is 108 cm³/mol. The second-order valence-corrected chi connectivity index (χ2v) is 7.55. The zero-order chi connectivity index (χ0) is 19.5. The van der Waals surface area contributed by atoms with Crippen molar-refractivity contribution in [3.63, 3.8) is 0 Å². The van der Waals surface area contributed by atoms with Crippen molar-refractivity contribution in [3.8, 4) is 10.8 Å². The summed E-state index contributed by atoms with van der Waals surface area (Å²) < 4.78 is 0. The van der Waals surface area contributed by atoms with Crippen molar-refractivity contribution in [1.82, 2.24) is 19.9 Å². The van der Waals surface area contributed by atoms with Crippen molar-refractivity contribution in [2.45, 2.75) is 12.8 Å². The minimum atomic E-state index is -0.406. The smallest absolute Gasteiger partial charge is 0.275 e. The Morgan fingerprint density at radius 3 is 2.64 bits per heavy atom. The van der Waals surface area contributed by atoms with Gasteiger partial charge in [-0.25, -0.2) is 15.0 Å². The molecule has 1 N–H and O–H groups in total. The Kier molecular flexibility index (Phi) is 5.31. The molecule has 0 bridgehead atoms. The molecule has 0 atom stereocenters. The molecule has 2 amide bonds. The lowest BCUT2D eigenvalue weighted by atomic mass is 10.1. The molecule has 0 radical (unpaired) electrons. The lowest BCUT2D eigenvalue weighted by molar-refractivity contribution is 0.0794. The number of aromatic nitrogens is 3. The van der Waals surface area contributed by atoms with Gasteiger partial charge in [-0.2, -0.15) is 0 Å². The Labute approximate surface area is 170 Å². The molecule has 28 heavy (non-hydrogen) atoms. The number of hydrogen-bond donors (Lipinski definition) is 1. The highest BCUT2D eigenvalue weighted by atomic mass is 35.5. The van der Waals surface area contributed by atoms with E-state index in [1.807, 2.05) is 0 Å². The van der Waals surface area contributed by atoms with Gasteiger partial charge < -0.3 is 10.2 Å². The minimum Gasteiger partial charge on any atom is -0.339 e. The first-order chi connectivity index (χ1) is 13.6. The molecular formula is C19H16ClN5O2S. The number of halogens is 1. The normalized spacial score (nSPS) is 13.5. The molecule has 1 aliphatic rings. The molecule has 9 heteroatoms. The van der Waals surface area contributed by atoms with Crippen LogP contribution in [0.1, 0.15) is 33.7 Å². The summed E-state index contributed by atoms with van der Waals surface area (Å²) in [5.41, 5.74) is 1.03. The lowest BCUT2D eigenvalue weighted by Crippen LogP contribution is -2.29. The number of carbonyl (C=O) groups is 2. The van der Waals surface area contributed by atoms with Gasteiger partial charge in [0.15, 0.2) is 10.8 Å². The van der Waals surface area contributed by atoms with Gasteiger partial charge in [-0.05, 0) is 37.1 Å². The first-order valence-corrected chi connectivity index (χ1v) is 10.0. The van der Waals surface area contributed by atoms with Crippen molar-refractivity contribution in [2.24, 2.45) is 0 Å². The highest BCUT2D eigenvalue weighted by molar-refractivity contribution is 7.13. The maximum absolute atomic E-state index is 12.8. The van der Waals surface area contributed by atoms with E-state index in [4.69, 9.17) is 11.6 Å². The van der Waals surface area contributed by atoms with Crippen LogP contribution < -0.4 is 5.32 Å². The first kappa shape index (κ1) is 18.5. The molecule has 0 aliphatic carbocycles. The predicted octanol–water partition coefficient (Wildman–Crippen LogP) is 3.74. The van der Waals surface area contributed by atoms with Crippen LogP contribution in [0.4, 0.5) is 5.69 Å². The molecule has 142 valence electrons. The van der Waals surface area contributed by atoms with E-state index in [0.717, 1.165) is 12.8 Å². The fraction of sp³-hybridized carbons (Fsp3) is 0.211. The topological polar surface area (TPSA) is 88.1 Å². The van der Waals surface area contributed by atoms with Gasteiger partial charge in [0, 0.05) is 35.9 Å². The molecule has 7 nitrogen and oxygen atoms in total. The molecule has 0 unspecified atom stereocenters. The standard InChI is InChI=1S/C19H16ClN5O2S/c20-12-4-5-14(13(10-12)19(27)25-8-1-2-9-25)23-17(26)15-11-28-18(24-15)16-21-6-3-7-22-16/h3-7,10-11H,1-2,8-9H2,(H,23,26). The van der Waals surface area contributed by atoms with Crippen LogP contribution in [0.5, 0.6) is 0 Å². The van der Waals surface area contributed by atoms with E-state index in [1.165, 1.54) is 11.3 Å². The number of nitrogens with one attached hydrogen (secondary N) is 1. The Hall–Kier alpha value is -2.84. The monoisotopic (exact) mass is 413 g/mol. The summed E-state index contributed by atoms with van der Waals surface area (Å²) in [6.07, 6.45) is 5.20. The van der Waals surface area contributed by atoms with Crippen molar-refractivity contribution in [1.29, 1.82) is 0 Å². The molecule has 1 aliphatic heterocycles. The number of likely N-dealkylation sites (tertiary alicyclic amines) is 1. The quantitative estimate of drug-likeness (QED) is 0.703. The Morgan fingerprint density at radius 2 is 1.89 bits per heavy atom. The first-order valence-electron chi connectivity index (χ1n) is 8.75. The zero-order valence-electron chi connectivity index (χ0n) is 14.8. The molecule has 1 aromatic carbocycles. The zero-order valence-corrected chi connectivity index (χ0v) is 16.3. The fourth-order valence-electron chi connectivity index (χ4n) is 2.97. The van der Waals surface area contributed by atoms with Gasteiger partial charge in [-0.15, -0.1) is 11.3 Å². The highest BCUT2D eigenvalue weighted by Gasteiger charge is 2.23. The summed E-state index contributed by atoms with van der Waals surface area (Å²) in [6.45, 7) is 1.43. The SMILES string of the molecule is O=C(Nc1ccc(Cl)cc1C(=O)N1CCCC1)c1csc(-c2ncccn2)n1. The third-order valence-corrected chi connectivity index (χ3v) is 5.42. The van der Waals surface area contributed by atoms with Crippen LogP contribution in [0.3, 0.4) is 0 Å². The number of benzene rings is 1. The summed E-state index contributed by atoms with van der Waals surface area (Å²) in [7, 11) is 0.